The van der Waals surface area contributed by atoms with E-state index in [4.69, 9.17) is 33.2 Å². The number of nitrogens with zero attached hydrogens (tertiary/aromatic N) is 3. The van der Waals surface area contributed by atoms with Gasteiger partial charge >= 0.3 is 5.97 Å². The van der Waals surface area contributed by atoms with E-state index in [1.807, 2.05) is 24.3 Å². The van der Waals surface area contributed by atoms with Crippen molar-refractivity contribution in [2.24, 2.45) is 0 Å². The molecule has 3 atom stereocenters. The molecular formula is C21H18BrClN4O4. The van der Waals surface area contributed by atoms with E-state index in [9.17, 15) is 9.90 Å². The van der Waals surface area contributed by atoms with Crippen molar-refractivity contribution in [3.05, 3.63) is 51.8 Å². The number of hydrogen-bond donors (Lipinski definition) is 2. The Morgan fingerprint density at radius 2 is 2.16 bits per heavy atom. The predicted octanol–water partition coefficient (Wildman–Crippen LogP) is 2.87. The van der Waals surface area contributed by atoms with Crippen molar-refractivity contribution in [2.75, 3.05) is 12.3 Å². The average Bonchev–Trinajstić information content (AvgIpc) is 3.31. The van der Waals surface area contributed by atoms with E-state index in [0.717, 1.165) is 10.0 Å². The summed E-state index contributed by atoms with van der Waals surface area (Å²) >= 11 is 9.31. The van der Waals surface area contributed by atoms with Crippen LogP contribution < -0.4 is 5.73 Å². The fraction of sp³-hybridized carbons (Fsp3) is 0.286. The molecule has 0 radical (unpaired) electrons. The number of esters is 1. The maximum Gasteiger partial charge on any atom is 0.310 e. The summed E-state index contributed by atoms with van der Waals surface area (Å²) in [7, 11) is 0. The number of aliphatic hydroxyl groups is 1. The number of aromatic nitrogens is 3. The van der Waals surface area contributed by atoms with Crippen LogP contribution >= 0.6 is 27.5 Å². The second-order valence-corrected chi connectivity index (χ2v) is 8.37. The maximum atomic E-state index is 12.6. The number of benzene rings is 1. The van der Waals surface area contributed by atoms with Gasteiger partial charge in [0.2, 0.25) is 5.28 Å². The smallest absolute Gasteiger partial charge is 0.310 e. The number of carbonyl (C=O) groups is 1. The maximum absolute atomic E-state index is 12.6. The number of carbonyl (C=O) groups excluding carboxylic acids is 1. The molecule has 0 bridgehead atoms. The largest absolute Gasteiger partial charge is 0.458 e. The predicted molar refractivity (Wildman–Crippen MR) is 118 cm³/mol. The molecule has 0 spiro atoms. The topological polar surface area (TPSA) is 112 Å². The summed E-state index contributed by atoms with van der Waals surface area (Å²) in [6.07, 6.45) is 6.15. The molecule has 0 aliphatic carbocycles. The Morgan fingerprint density at radius 1 is 1.42 bits per heavy atom. The number of rotatable bonds is 5. The first-order valence-corrected chi connectivity index (χ1v) is 10.5. The number of hydrogen-bond acceptors (Lipinski definition) is 7. The first kappa shape index (κ1) is 21.6. The van der Waals surface area contributed by atoms with Crippen molar-refractivity contribution in [1.82, 2.24) is 14.5 Å². The molecule has 1 aliphatic rings. The van der Waals surface area contributed by atoms with E-state index in [1.54, 1.807) is 16.8 Å². The van der Waals surface area contributed by atoms with Gasteiger partial charge in [0.15, 0.2) is 5.60 Å². The number of terminal acetylenes is 1. The number of nitrogens with two attached hydrogens (primary N) is 1. The van der Waals surface area contributed by atoms with Crippen LogP contribution in [0.5, 0.6) is 0 Å². The van der Waals surface area contributed by atoms with Gasteiger partial charge in [0, 0.05) is 17.1 Å². The molecule has 4 rings (SSSR count). The van der Waals surface area contributed by atoms with Crippen molar-refractivity contribution in [3.63, 3.8) is 0 Å². The number of halogens is 2. The van der Waals surface area contributed by atoms with E-state index in [-0.39, 0.29) is 23.9 Å². The van der Waals surface area contributed by atoms with Crippen LogP contribution in [0.1, 0.15) is 18.2 Å². The summed E-state index contributed by atoms with van der Waals surface area (Å²) in [5.41, 5.74) is 5.67. The van der Waals surface area contributed by atoms with Gasteiger partial charge in [-0.1, -0.05) is 34.0 Å². The SMILES string of the molecule is C#C[C@]1(CO)O[C@@H](n2ccc3c(N)nc(Cl)nc32)C[C@@H]1OC(=O)Cc1ccc(Br)cc1. The highest BCUT2D eigenvalue weighted by Crippen LogP contribution is 2.40. The summed E-state index contributed by atoms with van der Waals surface area (Å²) in [5.74, 6) is 2.22. The Balaban J connectivity index is 1.58. The molecule has 3 N–H and O–H groups in total. The van der Waals surface area contributed by atoms with E-state index >= 15 is 0 Å². The fourth-order valence-corrected chi connectivity index (χ4v) is 4.03. The first-order valence-electron chi connectivity index (χ1n) is 9.35. The molecule has 0 saturated carbocycles. The normalized spacial score (nSPS) is 23.0. The zero-order valence-corrected chi connectivity index (χ0v) is 18.5. The molecule has 3 aromatic rings. The second-order valence-electron chi connectivity index (χ2n) is 7.12. The average molecular weight is 506 g/mol. The minimum atomic E-state index is -1.49. The Kier molecular flexibility index (Phi) is 5.90. The molecule has 160 valence electrons. The lowest BCUT2D eigenvalue weighted by molar-refractivity contribution is -0.158. The van der Waals surface area contributed by atoms with Gasteiger partial charge < -0.3 is 24.9 Å². The second kappa shape index (κ2) is 8.48. The van der Waals surface area contributed by atoms with E-state index in [1.165, 1.54) is 0 Å². The monoisotopic (exact) mass is 504 g/mol. The molecule has 1 aliphatic heterocycles. The van der Waals surface area contributed by atoms with Crippen LogP contribution in [0.2, 0.25) is 5.28 Å². The third-order valence-electron chi connectivity index (χ3n) is 5.18. The Bertz CT molecular complexity index is 1180. The van der Waals surface area contributed by atoms with Crippen molar-refractivity contribution < 1.29 is 19.4 Å². The summed E-state index contributed by atoms with van der Waals surface area (Å²) in [5, 5.41) is 10.6. The van der Waals surface area contributed by atoms with Gasteiger partial charge in [-0.3, -0.25) is 4.79 Å². The molecule has 31 heavy (non-hydrogen) atoms. The van der Waals surface area contributed by atoms with Gasteiger partial charge in [-0.25, -0.2) is 4.98 Å². The Hall–Kier alpha value is -2.64. The highest BCUT2D eigenvalue weighted by Gasteiger charge is 2.51. The van der Waals surface area contributed by atoms with Crippen LogP contribution in [0, 0.1) is 12.3 Å². The summed E-state index contributed by atoms with van der Waals surface area (Å²) in [4.78, 5) is 20.7. The molecule has 2 aromatic heterocycles. The lowest BCUT2D eigenvalue weighted by atomic mass is 9.98. The minimum Gasteiger partial charge on any atom is -0.458 e. The van der Waals surface area contributed by atoms with Crippen LogP contribution in [-0.4, -0.2) is 43.9 Å². The standard InChI is InChI=1S/C21H18BrClN4O4/c1-2-21(11-28)15(30-17(29)9-12-3-5-13(22)6-4-12)10-16(31-21)27-8-7-14-18(24)25-20(23)26-19(14)27/h1,3-8,15-16,28H,9-11H2,(H2,24,25,26)/t15-,16+,21+/m0/s1. The van der Waals surface area contributed by atoms with Crippen LogP contribution in [0.15, 0.2) is 41.0 Å². The molecule has 10 heteroatoms. The number of fused-ring (bicyclic) bond motifs is 1. The summed E-state index contributed by atoms with van der Waals surface area (Å²) in [6, 6.07) is 9.05. The first-order chi connectivity index (χ1) is 14.8. The van der Waals surface area contributed by atoms with Crippen LogP contribution in [0.25, 0.3) is 11.0 Å². The number of anilines is 1. The van der Waals surface area contributed by atoms with Crippen molar-refractivity contribution >= 4 is 50.4 Å². The van der Waals surface area contributed by atoms with Gasteiger partial charge in [-0.15, -0.1) is 6.42 Å². The summed E-state index contributed by atoms with van der Waals surface area (Å²) in [6.45, 7) is -0.521. The van der Waals surface area contributed by atoms with Gasteiger partial charge in [-0.05, 0) is 35.4 Å². The number of ether oxygens (including phenoxy) is 2. The van der Waals surface area contributed by atoms with Crippen molar-refractivity contribution in [1.29, 1.82) is 0 Å². The molecule has 3 heterocycles. The zero-order chi connectivity index (χ0) is 22.2. The highest BCUT2D eigenvalue weighted by molar-refractivity contribution is 9.10. The highest BCUT2D eigenvalue weighted by atomic mass is 79.9. The summed E-state index contributed by atoms with van der Waals surface area (Å²) < 4.78 is 14.3. The third-order valence-corrected chi connectivity index (χ3v) is 5.88. The van der Waals surface area contributed by atoms with E-state index in [0.29, 0.717) is 11.0 Å². The zero-order valence-electron chi connectivity index (χ0n) is 16.2. The molecule has 1 saturated heterocycles. The van der Waals surface area contributed by atoms with E-state index in [2.05, 4.69) is 31.8 Å². The van der Waals surface area contributed by atoms with Crippen LogP contribution in [-0.2, 0) is 20.7 Å². The Morgan fingerprint density at radius 3 is 2.84 bits per heavy atom. The minimum absolute atomic E-state index is 0.00852. The van der Waals surface area contributed by atoms with Gasteiger partial charge in [-0.2, -0.15) is 4.98 Å². The molecule has 0 amide bonds. The number of nitrogen functional groups attached to an aromatic ring is 1. The lowest BCUT2D eigenvalue weighted by Gasteiger charge is -2.26. The van der Waals surface area contributed by atoms with Gasteiger partial charge in [0.25, 0.3) is 0 Å². The Labute approximate surface area is 191 Å². The molecule has 0 unspecified atom stereocenters. The lowest BCUT2D eigenvalue weighted by Crippen LogP contribution is -2.44. The van der Waals surface area contributed by atoms with Crippen LogP contribution in [0.4, 0.5) is 5.82 Å². The molecule has 8 nitrogen and oxygen atoms in total. The third kappa shape index (κ3) is 4.12. The van der Waals surface area contributed by atoms with E-state index < -0.39 is 30.5 Å². The van der Waals surface area contributed by atoms with Crippen LogP contribution in [0.3, 0.4) is 0 Å². The fourth-order valence-electron chi connectivity index (χ4n) is 3.60. The van der Waals surface area contributed by atoms with Gasteiger partial charge in [0.1, 0.15) is 23.8 Å². The van der Waals surface area contributed by atoms with Crippen molar-refractivity contribution in [2.45, 2.75) is 30.8 Å². The number of aliphatic hydroxyl groups excluding tert-OH is 1. The molecule has 1 fully saturated rings. The quantitative estimate of drug-likeness (QED) is 0.311. The molecule has 1 aromatic carbocycles. The van der Waals surface area contributed by atoms with Crippen molar-refractivity contribution in [3.8, 4) is 12.3 Å². The molecular weight excluding hydrogens is 488 g/mol. The van der Waals surface area contributed by atoms with Gasteiger partial charge in [0.05, 0.1) is 18.4 Å².